The highest BCUT2D eigenvalue weighted by Gasteiger charge is 1.87. The summed E-state index contributed by atoms with van der Waals surface area (Å²) in [5.41, 5.74) is 0. The first kappa shape index (κ1) is 11.6. The third kappa shape index (κ3) is 11.4. The van der Waals surface area contributed by atoms with Crippen LogP contribution in [0.4, 0.5) is 0 Å². The van der Waals surface area contributed by atoms with Gasteiger partial charge in [-0.2, -0.15) is 0 Å². The second-order valence-corrected chi connectivity index (χ2v) is 2.23. The summed E-state index contributed by atoms with van der Waals surface area (Å²) < 4.78 is 0. The van der Waals surface area contributed by atoms with Gasteiger partial charge in [-0.25, -0.2) is 0 Å². The van der Waals surface area contributed by atoms with E-state index in [1.54, 1.807) is 0 Å². The van der Waals surface area contributed by atoms with E-state index >= 15 is 0 Å². The van der Waals surface area contributed by atoms with E-state index in [4.69, 9.17) is 6.42 Å². The zero-order valence-electron chi connectivity index (χ0n) is 5.98. The van der Waals surface area contributed by atoms with Crippen molar-refractivity contribution >= 4 is 12.4 Å². The van der Waals surface area contributed by atoms with E-state index in [1.807, 2.05) is 0 Å². The monoisotopic (exact) mass is 147 g/mol. The Bertz CT molecular complexity index is 83.4. The van der Waals surface area contributed by atoms with Gasteiger partial charge in [0.2, 0.25) is 0 Å². The van der Waals surface area contributed by atoms with Crippen molar-refractivity contribution in [3.8, 4) is 12.3 Å². The van der Waals surface area contributed by atoms with Gasteiger partial charge in [-0.1, -0.05) is 19.8 Å². The molecule has 0 bridgehead atoms. The molecule has 9 heavy (non-hydrogen) atoms. The van der Waals surface area contributed by atoms with Crippen LogP contribution in [0.1, 0.15) is 13.8 Å². The van der Waals surface area contributed by atoms with Crippen LogP contribution in [0.5, 0.6) is 0 Å². The number of terminal acetylenes is 1. The van der Waals surface area contributed by atoms with E-state index in [-0.39, 0.29) is 12.4 Å². The molecule has 0 amide bonds. The molecular formula is C7H14ClN. The molecule has 1 nitrogen and oxygen atoms in total. The van der Waals surface area contributed by atoms with Crippen LogP contribution in [-0.2, 0) is 0 Å². The largest absolute Gasteiger partial charge is 0.306 e. The fraction of sp³-hybridized carbons (Fsp3) is 0.714. The lowest BCUT2D eigenvalue weighted by atomic mass is 10.2. The minimum Gasteiger partial charge on any atom is -0.306 e. The summed E-state index contributed by atoms with van der Waals surface area (Å²) in [4.78, 5) is 0. The molecule has 0 aromatic rings. The molecule has 2 heteroatoms. The van der Waals surface area contributed by atoms with Crippen LogP contribution in [0, 0.1) is 18.3 Å². The maximum atomic E-state index is 5.00. The Morgan fingerprint density at radius 2 is 2.11 bits per heavy atom. The number of nitrogens with one attached hydrogen (secondary N) is 1. The van der Waals surface area contributed by atoms with Crippen molar-refractivity contribution in [1.29, 1.82) is 0 Å². The zero-order chi connectivity index (χ0) is 6.41. The molecule has 0 heterocycles. The molecule has 0 aliphatic rings. The van der Waals surface area contributed by atoms with Gasteiger partial charge in [-0.15, -0.1) is 18.8 Å². The number of rotatable bonds is 3. The summed E-state index contributed by atoms with van der Waals surface area (Å²) in [6.45, 7) is 6.02. The predicted octanol–water partition coefficient (Wildman–Crippen LogP) is 1.29. The highest BCUT2D eigenvalue weighted by Crippen LogP contribution is 1.84. The number of hydrogen-bond acceptors (Lipinski definition) is 1. The maximum Gasteiger partial charge on any atom is 0.0573 e. The Morgan fingerprint density at radius 3 is 2.44 bits per heavy atom. The fourth-order valence-electron chi connectivity index (χ4n) is 0.433. The Kier molecular flexibility index (Phi) is 10.1. The first-order valence-corrected chi connectivity index (χ1v) is 2.91. The Morgan fingerprint density at radius 1 is 1.56 bits per heavy atom. The smallest absolute Gasteiger partial charge is 0.0573 e. The number of halogens is 1. The van der Waals surface area contributed by atoms with Gasteiger partial charge in [0.05, 0.1) is 6.54 Å². The molecule has 0 fully saturated rings. The first-order chi connectivity index (χ1) is 3.77. The Hall–Kier alpha value is -0.190. The van der Waals surface area contributed by atoms with Crippen LogP contribution in [0.2, 0.25) is 0 Å². The minimum atomic E-state index is 0. The van der Waals surface area contributed by atoms with Crippen LogP contribution >= 0.6 is 12.4 Å². The summed E-state index contributed by atoms with van der Waals surface area (Å²) in [6.07, 6.45) is 5.00. The number of hydrogen-bond donors (Lipinski definition) is 1. The van der Waals surface area contributed by atoms with Gasteiger partial charge in [0.25, 0.3) is 0 Å². The van der Waals surface area contributed by atoms with E-state index in [0.29, 0.717) is 12.5 Å². The van der Waals surface area contributed by atoms with E-state index in [0.717, 1.165) is 6.54 Å². The molecule has 0 unspecified atom stereocenters. The fourth-order valence-corrected chi connectivity index (χ4v) is 0.433. The predicted molar refractivity (Wildman–Crippen MR) is 43.8 cm³/mol. The van der Waals surface area contributed by atoms with Crippen molar-refractivity contribution in [2.45, 2.75) is 13.8 Å². The van der Waals surface area contributed by atoms with Gasteiger partial charge in [0, 0.05) is 0 Å². The van der Waals surface area contributed by atoms with Crippen molar-refractivity contribution < 1.29 is 0 Å². The highest BCUT2D eigenvalue weighted by molar-refractivity contribution is 5.85. The molecular weight excluding hydrogens is 134 g/mol. The topological polar surface area (TPSA) is 12.0 Å². The highest BCUT2D eigenvalue weighted by atomic mass is 35.5. The van der Waals surface area contributed by atoms with E-state index in [1.165, 1.54) is 0 Å². The van der Waals surface area contributed by atoms with Gasteiger partial charge in [0.15, 0.2) is 0 Å². The van der Waals surface area contributed by atoms with Gasteiger partial charge in [0.1, 0.15) is 0 Å². The first-order valence-electron chi connectivity index (χ1n) is 2.91. The van der Waals surface area contributed by atoms with Gasteiger partial charge in [-0.05, 0) is 12.5 Å². The Balaban J connectivity index is 0. The lowest BCUT2D eigenvalue weighted by Crippen LogP contribution is -2.19. The lowest BCUT2D eigenvalue weighted by Gasteiger charge is -2.01. The summed E-state index contributed by atoms with van der Waals surface area (Å²) in [5, 5.41) is 3.10. The molecule has 0 aliphatic carbocycles. The van der Waals surface area contributed by atoms with Crippen molar-refractivity contribution in [1.82, 2.24) is 5.32 Å². The van der Waals surface area contributed by atoms with Crippen LogP contribution in [0.15, 0.2) is 0 Å². The van der Waals surface area contributed by atoms with Crippen molar-refractivity contribution in [3.63, 3.8) is 0 Å². The molecule has 0 rings (SSSR count). The molecule has 54 valence electrons. The molecule has 0 spiro atoms. The molecule has 0 radical (unpaired) electrons. The van der Waals surface area contributed by atoms with E-state index in [9.17, 15) is 0 Å². The standard InChI is InChI=1S/C7H13N.ClH/c1-4-5-8-6-7(2)3;/h1,7-8H,5-6H2,2-3H3;1H. The maximum absolute atomic E-state index is 5.00. The summed E-state index contributed by atoms with van der Waals surface area (Å²) >= 11 is 0. The van der Waals surface area contributed by atoms with Crippen LogP contribution in [0.25, 0.3) is 0 Å². The molecule has 1 N–H and O–H groups in total. The van der Waals surface area contributed by atoms with Crippen molar-refractivity contribution in [3.05, 3.63) is 0 Å². The van der Waals surface area contributed by atoms with Crippen LogP contribution < -0.4 is 5.32 Å². The van der Waals surface area contributed by atoms with E-state index in [2.05, 4.69) is 25.1 Å². The summed E-state index contributed by atoms with van der Waals surface area (Å²) in [6, 6.07) is 0. The van der Waals surface area contributed by atoms with Crippen LogP contribution in [-0.4, -0.2) is 13.1 Å². The zero-order valence-corrected chi connectivity index (χ0v) is 6.79. The quantitative estimate of drug-likeness (QED) is 0.469. The van der Waals surface area contributed by atoms with Gasteiger partial charge >= 0.3 is 0 Å². The second kappa shape index (κ2) is 7.81. The summed E-state index contributed by atoms with van der Waals surface area (Å²) in [5.74, 6) is 3.21. The lowest BCUT2D eigenvalue weighted by molar-refractivity contribution is 0.580. The summed E-state index contributed by atoms with van der Waals surface area (Å²) in [7, 11) is 0. The normalized spacial score (nSPS) is 8.22. The molecule has 0 aromatic heterocycles. The average molecular weight is 148 g/mol. The molecule has 0 atom stereocenters. The second-order valence-electron chi connectivity index (χ2n) is 2.23. The molecule has 0 saturated heterocycles. The van der Waals surface area contributed by atoms with Gasteiger partial charge < -0.3 is 5.32 Å². The van der Waals surface area contributed by atoms with Crippen molar-refractivity contribution in [2.24, 2.45) is 5.92 Å². The van der Waals surface area contributed by atoms with E-state index < -0.39 is 0 Å². The minimum absolute atomic E-state index is 0. The van der Waals surface area contributed by atoms with Crippen molar-refractivity contribution in [2.75, 3.05) is 13.1 Å². The van der Waals surface area contributed by atoms with Gasteiger partial charge in [-0.3, -0.25) is 0 Å². The third-order valence-corrected chi connectivity index (χ3v) is 0.780. The molecule has 0 aliphatic heterocycles. The average Bonchev–Trinajstić information content (AvgIpc) is 1.66. The molecule has 0 saturated carbocycles. The third-order valence-electron chi connectivity index (χ3n) is 0.780. The Labute approximate surface area is 63.6 Å². The SMILES string of the molecule is C#CCNCC(C)C.Cl. The molecule has 0 aromatic carbocycles. The van der Waals surface area contributed by atoms with Crippen LogP contribution in [0.3, 0.4) is 0 Å².